The average Bonchev–Trinajstić information content (AvgIpc) is 3.09. The van der Waals surface area contributed by atoms with Crippen LogP contribution in [0.15, 0.2) is 48.7 Å². The highest BCUT2D eigenvalue weighted by molar-refractivity contribution is 5.82. The number of rotatable bonds is 9. The predicted octanol–water partition coefficient (Wildman–Crippen LogP) is 3.65. The molecule has 0 fully saturated rings. The van der Waals surface area contributed by atoms with Crippen LogP contribution in [0.2, 0.25) is 0 Å². The summed E-state index contributed by atoms with van der Waals surface area (Å²) >= 11 is 0. The average molecular weight is 367 g/mol. The van der Waals surface area contributed by atoms with E-state index in [1.54, 1.807) is 0 Å². The van der Waals surface area contributed by atoms with E-state index in [1.807, 2.05) is 62.6 Å². The van der Waals surface area contributed by atoms with Crippen LogP contribution in [0.1, 0.15) is 19.0 Å². The Balaban J connectivity index is 1.57. The molecular formula is C21H25N3O3. The first-order valence-corrected chi connectivity index (χ1v) is 9.20. The lowest BCUT2D eigenvalue weighted by Gasteiger charge is -2.08. The van der Waals surface area contributed by atoms with Crippen molar-refractivity contribution in [1.82, 2.24) is 9.55 Å². The number of nitrogens with one attached hydrogen (secondary N) is 1. The standard InChI is InChI=1S/C21H25N3O3/c1-3-26-21(25)10-13-24-12-9-16-15-18(7-8-19(16)24)27-14-11-17-5-4-6-20(22-2)23-17/h4-9,12,15H,3,10-11,13-14H2,1-2H3,(H,22,23). The smallest absolute Gasteiger partial charge is 0.307 e. The first kappa shape index (κ1) is 18.8. The molecule has 0 aliphatic rings. The van der Waals surface area contributed by atoms with Crippen LogP contribution in [0.25, 0.3) is 10.9 Å². The lowest BCUT2D eigenvalue weighted by molar-refractivity contribution is -0.143. The molecule has 0 spiro atoms. The van der Waals surface area contributed by atoms with Gasteiger partial charge in [-0.05, 0) is 43.3 Å². The summed E-state index contributed by atoms with van der Waals surface area (Å²) in [5.41, 5.74) is 2.07. The van der Waals surface area contributed by atoms with Crippen LogP contribution in [0.3, 0.4) is 0 Å². The maximum absolute atomic E-state index is 11.5. The van der Waals surface area contributed by atoms with E-state index in [4.69, 9.17) is 9.47 Å². The maximum atomic E-state index is 11.5. The normalized spacial score (nSPS) is 10.7. The quantitative estimate of drug-likeness (QED) is 0.585. The third-order valence-electron chi connectivity index (χ3n) is 4.29. The fourth-order valence-corrected chi connectivity index (χ4v) is 2.94. The number of hydrogen-bond donors (Lipinski definition) is 1. The molecule has 2 aromatic heterocycles. The molecule has 0 amide bonds. The number of ether oxygens (including phenoxy) is 2. The van der Waals surface area contributed by atoms with Crippen LogP contribution in [-0.4, -0.2) is 35.8 Å². The molecular weight excluding hydrogens is 342 g/mol. The Labute approximate surface area is 159 Å². The van der Waals surface area contributed by atoms with Gasteiger partial charge in [-0.15, -0.1) is 0 Å². The summed E-state index contributed by atoms with van der Waals surface area (Å²) in [5.74, 6) is 1.52. The van der Waals surface area contributed by atoms with E-state index in [1.165, 1.54) is 0 Å². The van der Waals surface area contributed by atoms with E-state index in [0.717, 1.165) is 34.6 Å². The number of benzene rings is 1. The molecule has 0 aliphatic heterocycles. The molecule has 3 rings (SSSR count). The summed E-state index contributed by atoms with van der Waals surface area (Å²) < 4.78 is 12.9. The van der Waals surface area contributed by atoms with Crippen LogP contribution in [0, 0.1) is 0 Å². The first-order valence-electron chi connectivity index (χ1n) is 9.20. The number of carbonyl (C=O) groups excluding carboxylic acids is 1. The molecule has 2 heterocycles. The third kappa shape index (κ3) is 5.00. The number of carbonyl (C=O) groups is 1. The molecule has 0 saturated carbocycles. The second-order valence-corrected chi connectivity index (χ2v) is 6.15. The van der Waals surface area contributed by atoms with E-state index in [0.29, 0.717) is 26.2 Å². The molecule has 0 radical (unpaired) electrons. The van der Waals surface area contributed by atoms with Crippen molar-refractivity contribution in [3.63, 3.8) is 0 Å². The number of aryl methyl sites for hydroxylation is 1. The minimum absolute atomic E-state index is 0.171. The number of pyridine rings is 1. The number of aromatic nitrogens is 2. The van der Waals surface area contributed by atoms with Gasteiger partial charge in [-0.2, -0.15) is 0 Å². The van der Waals surface area contributed by atoms with Crippen molar-refractivity contribution in [3.05, 3.63) is 54.4 Å². The van der Waals surface area contributed by atoms with E-state index in [2.05, 4.69) is 14.9 Å². The number of hydrogen-bond acceptors (Lipinski definition) is 5. The summed E-state index contributed by atoms with van der Waals surface area (Å²) in [7, 11) is 1.86. The van der Waals surface area contributed by atoms with Crippen molar-refractivity contribution < 1.29 is 14.3 Å². The number of nitrogens with zero attached hydrogens (tertiary/aromatic N) is 2. The van der Waals surface area contributed by atoms with E-state index < -0.39 is 0 Å². The van der Waals surface area contributed by atoms with Crippen molar-refractivity contribution in [2.75, 3.05) is 25.6 Å². The van der Waals surface area contributed by atoms with Gasteiger partial charge in [0, 0.05) is 42.8 Å². The SMILES string of the molecule is CCOC(=O)CCn1ccc2cc(OCCc3cccc(NC)n3)ccc21. The highest BCUT2D eigenvalue weighted by Gasteiger charge is 2.07. The minimum atomic E-state index is -0.171. The van der Waals surface area contributed by atoms with Crippen molar-refractivity contribution >= 4 is 22.7 Å². The Kier molecular flexibility index (Phi) is 6.30. The Morgan fingerprint density at radius 2 is 2.11 bits per heavy atom. The van der Waals surface area contributed by atoms with Crippen molar-refractivity contribution in [3.8, 4) is 5.75 Å². The Morgan fingerprint density at radius 1 is 1.22 bits per heavy atom. The lowest BCUT2D eigenvalue weighted by Crippen LogP contribution is -2.08. The van der Waals surface area contributed by atoms with Gasteiger partial charge in [0.25, 0.3) is 0 Å². The Hall–Kier alpha value is -3.02. The van der Waals surface area contributed by atoms with Gasteiger partial charge < -0.3 is 19.4 Å². The summed E-state index contributed by atoms with van der Waals surface area (Å²) in [5, 5.41) is 4.13. The van der Waals surface area contributed by atoms with Crippen molar-refractivity contribution in [1.29, 1.82) is 0 Å². The molecule has 3 aromatic rings. The molecule has 1 aromatic carbocycles. The predicted molar refractivity (Wildman–Crippen MR) is 106 cm³/mol. The molecule has 0 saturated heterocycles. The van der Waals surface area contributed by atoms with E-state index in [-0.39, 0.29) is 5.97 Å². The molecule has 1 N–H and O–H groups in total. The summed E-state index contributed by atoms with van der Waals surface area (Å²) in [6, 6.07) is 14.0. The summed E-state index contributed by atoms with van der Waals surface area (Å²) in [6.07, 6.45) is 3.10. The monoisotopic (exact) mass is 367 g/mol. The van der Waals surface area contributed by atoms with Gasteiger partial charge >= 0.3 is 5.97 Å². The van der Waals surface area contributed by atoms with Gasteiger partial charge in [-0.25, -0.2) is 4.98 Å². The maximum Gasteiger partial charge on any atom is 0.307 e. The zero-order valence-corrected chi connectivity index (χ0v) is 15.8. The van der Waals surface area contributed by atoms with Crippen molar-refractivity contribution in [2.24, 2.45) is 0 Å². The Morgan fingerprint density at radius 3 is 2.93 bits per heavy atom. The summed E-state index contributed by atoms with van der Waals surface area (Å²) in [6.45, 7) is 3.41. The molecule has 0 atom stereocenters. The lowest BCUT2D eigenvalue weighted by atomic mass is 10.2. The van der Waals surface area contributed by atoms with Gasteiger partial charge in [0.15, 0.2) is 0 Å². The van der Waals surface area contributed by atoms with Gasteiger partial charge in [0.05, 0.1) is 19.6 Å². The van der Waals surface area contributed by atoms with Crippen molar-refractivity contribution in [2.45, 2.75) is 26.3 Å². The van der Waals surface area contributed by atoms with Crippen LogP contribution >= 0.6 is 0 Å². The third-order valence-corrected chi connectivity index (χ3v) is 4.29. The highest BCUT2D eigenvalue weighted by atomic mass is 16.5. The molecule has 6 nitrogen and oxygen atoms in total. The number of anilines is 1. The van der Waals surface area contributed by atoms with Crippen LogP contribution in [0.4, 0.5) is 5.82 Å². The fourth-order valence-electron chi connectivity index (χ4n) is 2.94. The molecule has 27 heavy (non-hydrogen) atoms. The fraction of sp³-hybridized carbons (Fsp3) is 0.333. The second-order valence-electron chi connectivity index (χ2n) is 6.15. The van der Waals surface area contributed by atoms with Crippen LogP contribution in [0.5, 0.6) is 5.75 Å². The largest absolute Gasteiger partial charge is 0.493 e. The number of fused-ring (bicyclic) bond motifs is 1. The molecule has 6 heteroatoms. The number of esters is 1. The topological polar surface area (TPSA) is 65.4 Å². The zero-order chi connectivity index (χ0) is 19.1. The van der Waals surface area contributed by atoms with Gasteiger partial charge in [0.2, 0.25) is 0 Å². The van der Waals surface area contributed by atoms with E-state index in [9.17, 15) is 4.79 Å². The molecule has 0 unspecified atom stereocenters. The van der Waals surface area contributed by atoms with E-state index >= 15 is 0 Å². The molecule has 142 valence electrons. The minimum Gasteiger partial charge on any atom is -0.493 e. The van der Waals surface area contributed by atoms with Crippen LogP contribution in [-0.2, 0) is 22.5 Å². The summed E-state index contributed by atoms with van der Waals surface area (Å²) in [4.78, 5) is 16.0. The van der Waals surface area contributed by atoms with Gasteiger partial charge in [0.1, 0.15) is 11.6 Å². The van der Waals surface area contributed by atoms with Gasteiger partial charge in [-0.3, -0.25) is 4.79 Å². The highest BCUT2D eigenvalue weighted by Crippen LogP contribution is 2.22. The Bertz CT molecular complexity index is 905. The first-order chi connectivity index (χ1) is 13.2. The van der Waals surface area contributed by atoms with Gasteiger partial charge in [-0.1, -0.05) is 6.07 Å². The zero-order valence-electron chi connectivity index (χ0n) is 15.8. The molecule has 0 aliphatic carbocycles. The molecule has 0 bridgehead atoms. The second kappa shape index (κ2) is 9.07. The van der Waals surface area contributed by atoms with Crippen LogP contribution < -0.4 is 10.1 Å².